The van der Waals surface area contributed by atoms with Crippen molar-refractivity contribution >= 4 is 48.9 Å². The molecule has 0 unspecified atom stereocenters. The lowest BCUT2D eigenvalue weighted by molar-refractivity contribution is 0.461. The molecule has 0 aromatic carbocycles. The number of rotatable bonds is 5. The Kier molecular flexibility index (Phi) is 5.00. The molecule has 0 fully saturated rings. The molecule has 1 aromatic heterocycles. The van der Waals surface area contributed by atoms with Gasteiger partial charge >= 0.3 is 0 Å². The van der Waals surface area contributed by atoms with Crippen LogP contribution in [0.4, 0.5) is 0 Å². The van der Waals surface area contributed by atoms with Gasteiger partial charge < -0.3 is 0 Å². The Morgan fingerprint density at radius 3 is 2.69 bits per heavy atom. The monoisotopic (exact) mass is 343 g/mol. The Bertz CT molecular complexity index is 464. The molecule has 0 bridgehead atoms. The summed E-state index contributed by atoms with van der Waals surface area (Å²) in [5.74, 6) is 0. The van der Waals surface area contributed by atoms with E-state index < -0.39 is 10.0 Å². The number of hydrogen-bond donors (Lipinski definition) is 0. The number of halogens is 2. The van der Waals surface area contributed by atoms with Crippen molar-refractivity contribution in [3.05, 3.63) is 27.5 Å². The highest BCUT2D eigenvalue weighted by atomic mass is 79.9. The molecule has 0 aliphatic rings. The minimum Gasteiger partial charge on any atom is -0.206 e. The van der Waals surface area contributed by atoms with Gasteiger partial charge in [-0.05, 0) is 22.0 Å². The number of thiophene rings is 1. The van der Waals surface area contributed by atoms with Crippen molar-refractivity contribution in [1.82, 2.24) is 4.31 Å². The molecule has 0 spiro atoms. The first kappa shape index (κ1) is 14.2. The summed E-state index contributed by atoms with van der Waals surface area (Å²) >= 11 is 10.1. The van der Waals surface area contributed by atoms with Crippen molar-refractivity contribution in [2.75, 3.05) is 13.1 Å². The summed E-state index contributed by atoms with van der Waals surface area (Å²) in [6.45, 7) is 6.03. The van der Waals surface area contributed by atoms with Crippen molar-refractivity contribution in [3.8, 4) is 0 Å². The Labute approximate surface area is 113 Å². The van der Waals surface area contributed by atoms with E-state index in [0.29, 0.717) is 21.9 Å². The maximum Gasteiger partial charge on any atom is 0.252 e. The summed E-state index contributed by atoms with van der Waals surface area (Å²) in [5, 5.41) is 0.415. The number of hydrogen-bond acceptors (Lipinski definition) is 3. The molecular weight excluding hydrogens is 334 g/mol. The third-order valence-corrected chi connectivity index (χ3v) is 6.77. The quantitative estimate of drug-likeness (QED) is 0.768. The summed E-state index contributed by atoms with van der Waals surface area (Å²) in [5.41, 5.74) is 0. The average molecular weight is 345 g/mol. The fourth-order valence-electron chi connectivity index (χ4n) is 1.12. The molecule has 0 aliphatic heterocycles. The summed E-state index contributed by atoms with van der Waals surface area (Å²) in [6.07, 6.45) is 1.56. The van der Waals surface area contributed by atoms with Gasteiger partial charge in [-0.15, -0.1) is 17.9 Å². The lowest BCUT2D eigenvalue weighted by Gasteiger charge is -2.17. The van der Waals surface area contributed by atoms with Crippen molar-refractivity contribution < 1.29 is 8.42 Å². The van der Waals surface area contributed by atoms with E-state index in [0.717, 1.165) is 11.3 Å². The molecule has 0 saturated heterocycles. The van der Waals surface area contributed by atoms with Crippen LogP contribution in [0.15, 0.2) is 26.7 Å². The van der Waals surface area contributed by atoms with Gasteiger partial charge in [0.15, 0.2) is 0 Å². The van der Waals surface area contributed by atoms with Gasteiger partial charge in [-0.1, -0.05) is 24.6 Å². The van der Waals surface area contributed by atoms with Crippen LogP contribution in [0.25, 0.3) is 0 Å². The van der Waals surface area contributed by atoms with Crippen LogP contribution in [0.1, 0.15) is 6.92 Å². The second-order valence-electron chi connectivity index (χ2n) is 2.93. The molecule has 0 amide bonds. The van der Waals surface area contributed by atoms with E-state index in [1.807, 2.05) is 0 Å². The van der Waals surface area contributed by atoms with Gasteiger partial charge in [-0.2, -0.15) is 4.31 Å². The smallest absolute Gasteiger partial charge is 0.206 e. The molecule has 7 heteroatoms. The maximum absolute atomic E-state index is 12.1. The van der Waals surface area contributed by atoms with E-state index in [4.69, 9.17) is 11.6 Å². The van der Waals surface area contributed by atoms with Crippen LogP contribution in [-0.2, 0) is 10.0 Å². The van der Waals surface area contributed by atoms with Crippen LogP contribution < -0.4 is 0 Å². The molecule has 0 radical (unpaired) electrons. The highest BCUT2D eigenvalue weighted by Gasteiger charge is 2.25. The first-order valence-electron chi connectivity index (χ1n) is 4.49. The highest BCUT2D eigenvalue weighted by Crippen LogP contribution is 2.35. The molecule has 0 aliphatic carbocycles. The van der Waals surface area contributed by atoms with Gasteiger partial charge in [0.05, 0.1) is 8.81 Å². The number of sulfonamides is 1. The van der Waals surface area contributed by atoms with Gasteiger partial charge in [0, 0.05) is 13.1 Å². The third kappa shape index (κ3) is 2.87. The number of likely N-dealkylation sites (N-methyl/N-ethyl adjacent to an activating group) is 1. The SMILES string of the molecule is C=CCN(CC)S(=O)(=O)c1cc(Cl)c(Br)s1. The van der Waals surface area contributed by atoms with Crippen LogP contribution in [0, 0.1) is 0 Å². The third-order valence-electron chi connectivity index (χ3n) is 1.90. The lowest BCUT2D eigenvalue weighted by Crippen LogP contribution is -2.30. The molecule has 1 aromatic rings. The van der Waals surface area contributed by atoms with Crippen LogP contribution in [0.5, 0.6) is 0 Å². The van der Waals surface area contributed by atoms with Crippen LogP contribution in [0.2, 0.25) is 5.02 Å². The van der Waals surface area contributed by atoms with E-state index in [-0.39, 0.29) is 4.21 Å². The predicted molar refractivity (Wildman–Crippen MR) is 71.7 cm³/mol. The summed E-state index contributed by atoms with van der Waals surface area (Å²) in [7, 11) is -3.45. The average Bonchev–Trinajstić information content (AvgIpc) is 2.56. The molecule has 0 atom stereocenters. The minimum atomic E-state index is -3.45. The first-order chi connectivity index (χ1) is 7.43. The molecule has 3 nitrogen and oxygen atoms in total. The zero-order chi connectivity index (χ0) is 12.3. The number of nitrogens with zero attached hydrogens (tertiary/aromatic N) is 1. The Morgan fingerprint density at radius 1 is 1.69 bits per heavy atom. The molecular formula is C9H11BrClNO2S2. The molecule has 16 heavy (non-hydrogen) atoms. The predicted octanol–water partition coefficient (Wildman–Crippen LogP) is 3.36. The summed E-state index contributed by atoms with van der Waals surface area (Å²) < 4.78 is 26.5. The minimum absolute atomic E-state index is 0.244. The van der Waals surface area contributed by atoms with E-state index in [1.165, 1.54) is 10.4 Å². The topological polar surface area (TPSA) is 37.4 Å². The van der Waals surface area contributed by atoms with E-state index >= 15 is 0 Å². The normalized spacial score (nSPS) is 12.0. The highest BCUT2D eigenvalue weighted by molar-refractivity contribution is 9.11. The van der Waals surface area contributed by atoms with Crippen molar-refractivity contribution in [3.63, 3.8) is 0 Å². The largest absolute Gasteiger partial charge is 0.252 e. The van der Waals surface area contributed by atoms with Crippen LogP contribution >= 0.6 is 38.9 Å². The zero-order valence-electron chi connectivity index (χ0n) is 8.61. The van der Waals surface area contributed by atoms with Crippen LogP contribution in [-0.4, -0.2) is 25.8 Å². The van der Waals surface area contributed by atoms with Gasteiger partial charge in [0.2, 0.25) is 0 Å². The van der Waals surface area contributed by atoms with Crippen molar-refractivity contribution in [2.45, 2.75) is 11.1 Å². The maximum atomic E-state index is 12.1. The lowest BCUT2D eigenvalue weighted by atomic mass is 10.6. The second-order valence-corrected chi connectivity index (χ2v) is 7.87. The van der Waals surface area contributed by atoms with E-state index in [1.54, 1.807) is 13.0 Å². The molecule has 90 valence electrons. The fourth-order valence-corrected chi connectivity index (χ4v) is 5.10. The Hall–Kier alpha value is 0.120. The van der Waals surface area contributed by atoms with Gasteiger partial charge in [0.25, 0.3) is 10.0 Å². The van der Waals surface area contributed by atoms with Crippen LogP contribution in [0.3, 0.4) is 0 Å². The summed E-state index contributed by atoms with van der Waals surface area (Å²) in [4.78, 5) is 0. The van der Waals surface area contributed by atoms with Crippen molar-refractivity contribution in [1.29, 1.82) is 0 Å². The van der Waals surface area contributed by atoms with Gasteiger partial charge in [-0.25, -0.2) is 8.42 Å². The fraction of sp³-hybridized carbons (Fsp3) is 0.333. The Morgan fingerprint density at radius 2 is 2.31 bits per heavy atom. The van der Waals surface area contributed by atoms with E-state index in [2.05, 4.69) is 22.5 Å². The molecule has 0 N–H and O–H groups in total. The Balaban J connectivity index is 3.14. The van der Waals surface area contributed by atoms with Gasteiger partial charge in [0.1, 0.15) is 4.21 Å². The molecule has 1 heterocycles. The standard InChI is InChI=1S/C9H11BrClNO2S2/c1-3-5-12(4-2)16(13,14)8-6-7(11)9(10)15-8/h3,6H,1,4-5H2,2H3. The molecule has 1 rings (SSSR count). The van der Waals surface area contributed by atoms with Gasteiger partial charge in [-0.3, -0.25) is 0 Å². The van der Waals surface area contributed by atoms with E-state index in [9.17, 15) is 8.42 Å². The zero-order valence-corrected chi connectivity index (χ0v) is 12.6. The molecule has 0 saturated carbocycles. The summed E-state index contributed by atoms with van der Waals surface area (Å²) in [6, 6.07) is 1.46. The first-order valence-corrected chi connectivity index (χ1v) is 7.92. The van der Waals surface area contributed by atoms with Crippen molar-refractivity contribution in [2.24, 2.45) is 0 Å². The second kappa shape index (κ2) is 5.64.